The number of hydrogen-bond donors (Lipinski definition) is 0. The average molecular weight is 341 g/mol. The van der Waals surface area contributed by atoms with Crippen LogP contribution in [0.1, 0.15) is 37.7 Å². The highest BCUT2D eigenvalue weighted by Crippen LogP contribution is 2.29. The zero-order valence-corrected chi connectivity index (χ0v) is 13.4. The predicted octanol–water partition coefficient (Wildman–Crippen LogP) is 4.51. The van der Waals surface area contributed by atoms with Crippen molar-refractivity contribution in [3.8, 4) is 0 Å². The maximum absolute atomic E-state index is 10.9. The van der Waals surface area contributed by atoms with E-state index in [0.717, 1.165) is 23.7 Å². The summed E-state index contributed by atoms with van der Waals surface area (Å²) in [4.78, 5) is 12.9. The minimum absolute atomic E-state index is 0.191. The predicted molar refractivity (Wildman–Crippen MR) is 85.6 cm³/mol. The quantitative estimate of drug-likeness (QED) is 0.450. The van der Waals surface area contributed by atoms with Gasteiger partial charge in [0.1, 0.15) is 0 Å². The highest BCUT2D eigenvalue weighted by molar-refractivity contribution is 9.08. The molecule has 0 bridgehead atoms. The second-order valence-electron chi connectivity index (χ2n) is 5.59. The van der Waals surface area contributed by atoms with Crippen LogP contribution in [0, 0.1) is 16.0 Å². The van der Waals surface area contributed by atoms with E-state index in [1.807, 2.05) is 12.1 Å². The number of benzene rings is 1. The van der Waals surface area contributed by atoms with Crippen LogP contribution in [0.4, 0.5) is 11.4 Å². The SMILES string of the molecule is CN(CC1CCCCC1)c1ccc([N+](=O)[O-])c(CBr)c1. The van der Waals surface area contributed by atoms with E-state index >= 15 is 0 Å². The Balaban J connectivity index is 2.09. The van der Waals surface area contributed by atoms with Crippen molar-refractivity contribution in [2.24, 2.45) is 5.92 Å². The second-order valence-corrected chi connectivity index (χ2v) is 6.15. The molecule has 1 aromatic carbocycles. The molecule has 0 radical (unpaired) electrons. The van der Waals surface area contributed by atoms with Crippen LogP contribution >= 0.6 is 15.9 Å². The zero-order valence-electron chi connectivity index (χ0n) is 11.8. The highest BCUT2D eigenvalue weighted by Gasteiger charge is 2.18. The standard InChI is InChI=1S/C15H21BrN2O2/c1-17(11-12-5-3-2-4-6-12)14-7-8-15(18(19)20)13(9-14)10-16/h7-9,12H,2-6,10-11H2,1H3. The summed E-state index contributed by atoms with van der Waals surface area (Å²) in [6.07, 6.45) is 6.66. The van der Waals surface area contributed by atoms with Crippen LogP contribution in [0.3, 0.4) is 0 Å². The number of alkyl halides is 1. The zero-order chi connectivity index (χ0) is 14.5. The van der Waals surface area contributed by atoms with Gasteiger partial charge in [0, 0.05) is 36.2 Å². The molecule has 1 saturated carbocycles. The monoisotopic (exact) mass is 340 g/mol. The molecule has 5 heteroatoms. The first kappa shape index (κ1) is 15.3. The van der Waals surface area contributed by atoms with Crippen LogP contribution in [-0.4, -0.2) is 18.5 Å². The van der Waals surface area contributed by atoms with Crippen LogP contribution in [0.25, 0.3) is 0 Å². The lowest BCUT2D eigenvalue weighted by molar-refractivity contribution is -0.385. The van der Waals surface area contributed by atoms with Gasteiger partial charge in [0.15, 0.2) is 0 Å². The summed E-state index contributed by atoms with van der Waals surface area (Å²) in [7, 11) is 2.08. The second kappa shape index (κ2) is 7.07. The Bertz CT molecular complexity index is 473. The van der Waals surface area contributed by atoms with Crippen molar-refractivity contribution in [1.29, 1.82) is 0 Å². The van der Waals surface area contributed by atoms with Crippen LogP contribution in [0.15, 0.2) is 18.2 Å². The Labute approximate surface area is 128 Å². The van der Waals surface area contributed by atoms with Gasteiger partial charge in [0.25, 0.3) is 5.69 Å². The fraction of sp³-hybridized carbons (Fsp3) is 0.600. The summed E-state index contributed by atoms with van der Waals surface area (Å²) in [5, 5.41) is 11.5. The largest absolute Gasteiger partial charge is 0.374 e. The maximum atomic E-state index is 10.9. The van der Waals surface area contributed by atoms with Crippen LogP contribution in [-0.2, 0) is 5.33 Å². The number of nitro groups is 1. The van der Waals surface area contributed by atoms with Crippen molar-refractivity contribution in [2.75, 3.05) is 18.5 Å². The van der Waals surface area contributed by atoms with Gasteiger partial charge < -0.3 is 4.90 Å². The number of rotatable bonds is 5. The fourth-order valence-corrected chi connectivity index (χ4v) is 3.41. The Morgan fingerprint density at radius 1 is 1.35 bits per heavy atom. The molecule has 1 aliphatic rings. The first-order valence-corrected chi connectivity index (χ1v) is 8.28. The Morgan fingerprint density at radius 2 is 2.05 bits per heavy atom. The topological polar surface area (TPSA) is 46.4 Å². The van der Waals surface area contributed by atoms with Crippen molar-refractivity contribution in [2.45, 2.75) is 37.4 Å². The van der Waals surface area contributed by atoms with Crippen molar-refractivity contribution < 1.29 is 4.92 Å². The molecule has 20 heavy (non-hydrogen) atoms. The smallest absolute Gasteiger partial charge is 0.273 e. The van der Waals surface area contributed by atoms with E-state index in [9.17, 15) is 10.1 Å². The van der Waals surface area contributed by atoms with E-state index in [0.29, 0.717) is 5.33 Å². The molecule has 1 aromatic rings. The van der Waals surface area contributed by atoms with Gasteiger partial charge in [-0.15, -0.1) is 0 Å². The molecule has 0 heterocycles. The molecule has 0 unspecified atom stereocenters. The molecule has 0 aliphatic heterocycles. The molecule has 0 atom stereocenters. The molecular formula is C15H21BrN2O2. The highest BCUT2D eigenvalue weighted by atomic mass is 79.9. The Hall–Kier alpha value is -1.10. The first-order chi connectivity index (χ1) is 9.61. The summed E-state index contributed by atoms with van der Waals surface area (Å²) < 4.78 is 0. The number of hydrogen-bond acceptors (Lipinski definition) is 3. The van der Waals surface area contributed by atoms with Gasteiger partial charge in [-0.25, -0.2) is 0 Å². The lowest BCUT2D eigenvalue weighted by Crippen LogP contribution is -2.26. The minimum Gasteiger partial charge on any atom is -0.374 e. The number of nitrogens with zero attached hydrogens (tertiary/aromatic N) is 2. The molecule has 110 valence electrons. The summed E-state index contributed by atoms with van der Waals surface area (Å²) >= 11 is 3.34. The van der Waals surface area contributed by atoms with E-state index in [1.165, 1.54) is 32.1 Å². The Morgan fingerprint density at radius 3 is 2.65 bits per heavy atom. The Kier molecular flexibility index (Phi) is 5.40. The lowest BCUT2D eigenvalue weighted by Gasteiger charge is -2.28. The number of halogens is 1. The van der Waals surface area contributed by atoms with Crippen molar-refractivity contribution in [3.63, 3.8) is 0 Å². The van der Waals surface area contributed by atoms with E-state index in [4.69, 9.17) is 0 Å². The average Bonchev–Trinajstić information content (AvgIpc) is 2.47. The molecule has 0 aromatic heterocycles. The van der Waals surface area contributed by atoms with E-state index in [2.05, 4.69) is 27.9 Å². The van der Waals surface area contributed by atoms with Gasteiger partial charge in [-0.1, -0.05) is 35.2 Å². The lowest BCUT2D eigenvalue weighted by atomic mass is 9.89. The van der Waals surface area contributed by atoms with Gasteiger partial charge >= 0.3 is 0 Å². The van der Waals surface area contributed by atoms with Gasteiger partial charge in [-0.3, -0.25) is 10.1 Å². The molecule has 0 amide bonds. The minimum atomic E-state index is -0.318. The molecule has 4 nitrogen and oxygen atoms in total. The maximum Gasteiger partial charge on any atom is 0.273 e. The van der Waals surface area contributed by atoms with Gasteiger partial charge in [-0.05, 0) is 30.9 Å². The first-order valence-electron chi connectivity index (χ1n) is 7.16. The van der Waals surface area contributed by atoms with Gasteiger partial charge in [0.2, 0.25) is 0 Å². The molecule has 1 fully saturated rings. The van der Waals surface area contributed by atoms with E-state index in [1.54, 1.807) is 6.07 Å². The van der Waals surface area contributed by atoms with Crippen molar-refractivity contribution in [3.05, 3.63) is 33.9 Å². The molecule has 0 saturated heterocycles. The molecule has 0 N–H and O–H groups in total. The summed E-state index contributed by atoms with van der Waals surface area (Å²) in [6, 6.07) is 5.39. The van der Waals surface area contributed by atoms with E-state index < -0.39 is 0 Å². The third-order valence-electron chi connectivity index (χ3n) is 4.10. The van der Waals surface area contributed by atoms with Crippen LogP contribution in [0.5, 0.6) is 0 Å². The summed E-state index contributed by atoms with van der Waals surface area (Å²) in [5.74, 6) is 0.761. The third-order valence-corrected chi connectivity index (χ3v) is 4.71. The van der Waals surface area contributed by atoms with Crippen molar-refractivity contribution >= 4 is 27.3 Å². The molecule has 1 aliphatic carbocycles. The molecule has 2 rings (SSSR count). The van der Waals surface area contributed by atoms with Crippen molar-refractivity contribution in [1.82, 2.24) is 0 Å². The van der Waals surface area contributed by atoms with Gasteiger partial charge in [0.05, 0.1) is 4.92 Å². The normalized spacial score (nSPS) is 16.1. The molecule has 0 spiro atoms. The summed E-state index contributed by atoms with van der Waals surface area (Å²) in [6.45, 7) is 1.04. The van der Waals surface area contributed by atoms with Gasteiger partial charge in [-0.2, -0.15) is 0 Å². The van der Waals surface area contributed by atoms with E-state index in [-0.39, 0.29) is 10.6 Å². The number of nitro benzene ring substituents is 1. The number of anilines is 1. The molecular weight excluding hydrogens is 320 g/mol. The fourth-order valence-electron chi connectivity index (χ4n) is 2.96. The summed E-state index contributed by atoms with van der Waals surface area (Å²) in [5.41, 5.74) is 2.00. The third kappa shape index (κ3) is 3.72. The van der Waals surface area contributed by atoms with Crippen LogP contribution in [0.2, 0.25) is 0 Å². The van der Waals surface area contributed by atoms with Crippen LogP contribution < -0.4 is 4.90 Å².